The van der Waals surface area contributed by atoms with E-state index in [4.69, 9.17) is 0 Å². The molecule has 0 radical (unpaired) electrons. The van der Waals surface area contributed by atoms with Gasteiger partial charge in [-0.3, -0.25) is 14.3 Å². The second kappa shape index (κ2) is 6.80. The van der Waals surface area contributed by atoms with Gasteiger partial charge in [-0.15, -0.1) is 0 Å². The molecule has 26 heavy (non-hydrogen) atoms. The number of anilines is 1. The first-order valence-electron chi connectivity index (χ1n) is 8.45. The number of aromatic nitrogens is 2. The van der Waals surface area contributed by atoms with Crippen LogP contribution in [0.3, 0.4) is 0 Å². The molecule has 0 aliphatic heterocycles. The summed E-state index contributed by atoms with van der Waals surface area (Å²) in [5.41, 5.74) is 1.42. The molecule has 4 aromatic rings. The highest BCUT2D eigenvalue weighted by Crippen LogP contribution is 2.23. The zero-order valence-corrected chi connectivity index (χ0v) is 14.1. The number of amides is 1. The van der Waals surface area contributed by atoms with Crippen LogP contribution in [-0.4, -0.2) is 15.7 Å². The minimum Gasteiger partial charge on any atom is -0.325 e. The number of carbonyl (C=O) groups is 1. The van der Waals surface area contributed by atoms with Gasteiger partial charge in [-0.25, -0.2) is 0 Å². The summed E-state index contributed by atoms with van der Waals surface area (Å²) < 4.78 is 1.69. The normalized spacial score (nSPS) is 10.9. The van der Waals surface area contributed by atoms with Crippen molar-refractivity contribution in [2.24, 2.45) is 0 Å². The topological polar surface area (TPSA) is 64.0 Å². The van der Waals surface area contributed by atoms with Gasteiger partial charge in [0.25, 0.3) is 0 Å². The molecule has 5 nitrogen and oxygen atoms in total. The van der Waals surface area contributed by atoms with Crippen molar-refractivity contribution < 1.29 is 4.79 Å². The fraction of sp³-hybridized carbons (Fsp3) is 0.0952. The SMILES string of the molecule is O=C(CCn1ncc(=O)c2ccccc21)Nc1cccc2ccccc12. The highest BCUT2D eigenvalue weighted by Gasteiger charge is 2.08. The van der Waals surface area contributed by atoms with Crippen molar-refractivity contribution in [1.82, 2.24) is 9.78 Å². The van der Waals surface area contributed by atoms with E-state index in [2.05, 4.69) is 10.4 Å². The van der Waals surface area contributed by atoms with E-state index in [1.54, 1.807) is 10.7 Å². The van der Waals surface area contributed by atoms with Crippen molar-refractivity contribution in [2.45, 2.75) is 13.0 Å². The molecule has 128 valence electrons. The summed E-state index contributed by atoms with van der Waals surface area (Å²) in [6.45, 7) is 0.400. The van der Waals surface area contributed by atoms with Gasteiger partial charge in [-0.2, -0.15) is 5.10 Å². The Hall–Kier alpha value is -3.47. The van der Waals surface area contributed by atoms with Gasteiger partial charge in [0.1, 0.15) is 0 Å². The smallest absolute Gasteiger partial charge is 0.226 e. The number of benzene rings is 3. The van der Waals surface area contributed by atoms with Crippen LogP contribution < -0.4 is 10.7 Å². The minimum absolute atomic E-state index is 0.0917. The second-order valence-corrected chi connectivity index (χ2v) is 6.07. The molecule has 1 amide bonds. The second-order valence-electron chi connectivity index (χ2n) is 6.07. The summed E-state index contributed by atoms with van der Waals surface area (Å²) in [6.07, 6.45) is 1.56. The van der Waals surface area contributed by atoms with Crippen molar-refractivity contribution in [3.8, 4) is 0 Å². The minimum atomic E-state index is -0.114. The van der Waals surface area contributed by atoms with Crippen LogP contribution in [0.1, 0.15) is 6.42 Å². The van der Waals surface area contributed by atoms with Gasteiger partial charge in [0.05, 0.1) is 18.3 Å². The van der Waals surface area contributed by atoms with Crippen LogP contribution in [0.5, 0.6) is 0 Å². The highest BCUT2D eigenvalue weighted by atomic mass is 16.1. The van der Waals surface area contributed by atoms with Gasteiger partial charge >= 0.3 is 0 Å². The number of para-hydroxylation sites is 1. The Bertz CT molecular complexity index is 1160. The molecule has 0 aliphatic rings. The summed E-state index contributed by atoms with van der Waals surface area (Å²) in [7, 11) is 0. The number of hydrogen-bond acceptors (Lipinski definition) is 3. The fourth-order valence-electron chi connectivity index (χ4n) is 3.09. The quantitative estimate of drug-likeness (QED) is 0.616. The summed E-state index contributed by atoms with van der Waals surface area (Å²) in [5.74, 6) is -0.0917. The molecule has 1 aromatic heterocycles. The lowest BCUT2D eigenvalue weighted by atomic mass is 10.1. The maximum absolute atomic E-state index is 12.4. The Balaban J connectivity index is 1.53. The van der Waals surface area contributed by atoms with E-state index in [0.29, 0.717) is 11.9 Å². The van der Waals surface area contributed by atoms with Crippen molar-refractivity contribution in [3.05, 3.63) is 83.2 Å². The maximum atomic E-state index is 12.4. The number of nitrogens with one attached hydrogen (secondary N) is 1. The standard InChI is InChI=1S/C21H17N3O2/c25-20-14-22-24(19-11-4-3-9-17(19)20)13-12-21(26)23-18-10-5-7-15-6-1-2-8-16(15)18/h1-11,14H,12-13H2,(H,23,26). The van der Waals surface area contributed by atoms with Gasteiger partial charge in [-0.1, -0.05) is 48.5 Å². The number of carbonyl (C=O) groups excluding carboxylic acids is 1. The number of nitrogens with zero attached hydrogens (tertiary/aromatic N) is 2. The molecule has 0 aliphatic carbocycles. The van der Waals surface area contributed by atoms with E-state index in [0.717, 1.165) is 22.0 Å². The molecule has 0 spiro atoms. The summed E-state index contributed by atoms with van der Waals surface area (Å²) >= 11 is 0. The molecule has 3 aromatic carbocycles. The van der Waals surface area contributed by atoms with Gasteiger partial charge in [0.2, 0.25) is 11.3 Å². The van der Waals surface area contributed by atoms with E-state index >= 15 is 0 Å². The molecule has 1 heterocycles. The Kier molecular flexibility index (Phi) is 4.19. The molecule has 0 bridgehead atoms. The average Bonchev–Trinajstić information content (AvgIpc) is 2.68. The van der Waals surface area contributed by atoms with Crippen molar-refractivity contribution >= 4 is 33.3 Å². The van der Waals surface area contributed by atoms with E-state index in [-0.39, 0.29) is 17.8 Å². The number of rotatable bonds is 4. The summed E-state index contributed by atoms with van der Waals surface area (Å²) in [5, 5.41) is 9.83. The molecule has 0 saturated heterocycles. The number of fused-ring (bicyclic) bond motifs is 2. The van der Waals surface area contributed by atoms with E-state index in [1.165, 1.54) is 6.20 Å². The number of aryl methyl sites for hydroxylation is 1. The molecule has 1 N–H and O–H groups in total. The number of hydrogen-bond donors (Lipinski definition) is 1. The molecule has 0 saturated carbocycles. The van der Waals surface area contributed by atoms with Crippen LogP contribution in [0.4, 0.5) is 5.69 Å². The van der Waals surface area contributed by atoms with Gasteiger partial charge in [0, 0.05) is 22.9 Å². The molecule has 0 unspecified atom stereocenters. The fourth-order valence-corrected chi connectivity index (χ4v) is 3.09. The third kappa shape index (κ3) is 3.07. The van der Waals surface area contributed by atoms with Crippen molar-refractivity contribution in [1.29, 1.82) is 0 Å². The predicted octanol–water partition coefficient (Wildman–Crippen LogP) is 3.58. The van der Waals surface area contributed by atoms with Crippen LogP contribution >= 0.6 is 0 Å². The first kappa shape index (κ1) is 16.0. The highest BCUT2D eigenvalue weighted by molar-refractivity contribution is 6.02. The summed E-state index contributed by atoms with van der Waals surface area (Å²) in [6, 6.07) is 21.1. The van der Waals surface area contributed by atoms with Gasteiger partial charge in [0.15, 0.2) is 0 Å². The van der Waals surface area contributed by atoms with E-state index < -0.39 is 0 Å². The van der Waals surface area contributed by atoms with Crippen LogP contribution in [0.2, 0.25) is 0 Å². The van der Waals surface area contributed by atoms with Crippen molar-refractivity contribution in [3.63, 3.8) is 0 Å². The Morgan fingerprint density at radius 3 is 2.54 bits per heavy atom. The molecule has 0 fully saturated rings. The lowest BCUT2D eigenvalue weighted by Crippen LogP contribution is -2.18. The molecular formula is C21H17N3O2. The van der Waals surface area contributed by atoms with Crippen molar-refractivity contribution in [2.75, 3.05) is 5.32 Å². The summed E-state index contributed by atoms with van der Waals surface area (Å²) in [4.78, 5) is 24.3. The molecule has 4 rings (SSSR count). The van der Waals surface area contributed by atoms with Gasteiger partial charge in [-0.05, 0) is 23.6 Å². The largest absolute Gasteiger partial charge is 0.325 e. The van der Waals surface area contributed by atoms with Crippen LogP contribution in [0, 0.1) is 0 Å². The third-order valence-corrected chi connectivity index (χ3v) is 4.38. The molecular weight excluding hydrogens is 326 g/mol. The Morgan fingerprint density at radius 2 is 1.65 bits per heavy atom. The van der Waals surface area contributed by atoms with Gasteiger partial charge < -0.3 is 5.32 Å². The molecule has 5 heteroatoms. The van der Waals surface area contributed by atoms with E-state index in [1.807, 2.05) is 60.7 Å². The van der Waals surface area contributed by atoms with Crippen LogP contribution in [0.25, 0.3) is 21.7 Å². The van der Waals surface area contributed by atoms with Crippen LogP contribution in [-0.2, 0) is 11.3 Å². The lowest BCUT2D eigenvalue weighted by Gasteiger charge is -2.11. The first-order chi connectivity index (χ1) is 12.7. The molecule has 0 atom stereocenters. The predicted molar refractivity (Wildman–Crippen MR) is 103 cm³/mol. The zero-order chi connectivity index (χ0) is 17.9. The Morgan fingerprint density at radius 1 is 0.923 bits per heavy atom. The maximum Gasteiger partial charge on any atom is 0.226 e. The monoisotopic (exact) mass is 343 g/mol. The lowest BCUT2D eigenvalue weighted by molar-refractivity contribution is -0.116. The average molecular weight is 343 g/mol. The van der Waals surface area contributed by atoms with Crippen LogP contribution in [0.15, 0.2) is 77.7 Å². The van der Waals surface area contributed by atoms with E-state index in [9.17, 15) is 9.59 Å². The Labute approximate surface area is 149 Å². The zero-order valence-electron chi connectivity index (χ0n) is 14.1. The first-order valence-corrected chi connectivity index (χ1v) is 8.45. The third-order valence-electron chi connectivity index (χ3n) is 4.38.